The summed E-state index contributed by atoms with van der Waals surface area (Å²) in [5, 5.41) is 0.447. The molecule has 0 unspecified atom stereocenters. The van der Waals surface area contributed by atoms with Crippen molar-refractivity contribution in [2.45, 2.75) is 27.2 Å². The number of ether oxygens (including phenoxy) is 1. The molecular formula is C19H15FO5. The van der Waals surface area contributed by atoms with Crippen molar-refractivity contribution in [1.82, 2.24) is 0 Å². The summed E-state index contributed by atoms with van der Waals surface area (Å²) in [6, 6.07) is 1.32. The number of halogens is 1. The fourth-order valence-electron chi connectivity index (χ4n) is 3.31. The van der Waals surface area contributed by atoms with Gasteiger partial charge in [0.2, 0.25) is 5.82 Å². The zero-order valence-corrected chi connectivity index (χ0v) is 14.0. The van der Waals surface area contributed by atoms with Gasteiger partial charge in [-0.15, -0.1) is 0 Å². The molecule has 0 saturated carbocycles. The van der Waals surface area contributed by atoms with E-state index in [-0.39, 0.29) is 34.0 Å². The molecule has 4 rings (SSSR count). The summed E-state index contributed by atoms with van der Waals surface area (Å²) in [6.45, 7) is 5.61. The van der Waals surface area contributed by atoms with Gasteiger partial charge < -0.3 is 13.6 Å². The second-order valence-corrected chi connectivity index (χ2v) is 6.19. The zero-order chi connectivity index (χ0) is 17.9. The highest BCUT2D eigenvalue weighted by Crippen LogP contribution is 2.42. The first kappa shape index (κ1) is 15.6. The molecule has 0 spiro atoms. The molecule has 0 saturated heterocycles. The van der Waals surface area contributed by atoms with E-state index in [0.717, 1.165) is 5.57 Å². The van der Waals surface area contributed by atoms with E-state index in [9.17, 15) is 14.0 Å². The van der Waals surface area contributed by atoms with Crippen LogP contribution >= 0.6 is 0 Å². The Morgan fingerprint density at radius 3 is 2.60 bits per heavy atom. The van der Waals surface area contributed by atoms with Crippen molar-refractivity contribution in [3.05, 3.63) is 55.0 Å². The van der Waals surface area contributed by atoms with E-state index >= 15 is 0 Å². The molecule has 1 aromatic carbocycles. The monoisotopic (exact) mass is 342 g/mol. The predicted octanol–water partition coefficient (Wildman–Crippen LogP) is 3.71. The first-order chi connectivity index (χ1) is 11.9. The second kappa shape index (κ2) is 5.31. The smallest absolute Gasteiger partial charge is 0.372 e. The summed E-state index contributed by atoms with van der Waals surface area (Å²) in [5.74, 6) is -0.153. The molecule has 3 aromatic rings. The minimum absolute atomic E-state index is 0.0127. The molecule has 0 aliphatic carbocycles. The molecule has 2 aromatic heterocycles. The first-order valence-electron chi connectivity index (χ1n) is 7.98. The average Bonchev–Trinajstić information content (AvgIpc) is 2.56. The van der Waals surface area contributed by atoms with Gasteiger partial charge in [-0.1, -0.05) is 6.92 Å². The van der Waals surface area contributed by atoms with Gasteiger partial charge >= 0.3 is 5.63 Å². The SMILES string of the molecule is CCc1c(F)c(=O)oc2c1c1c(c3oc(C)cc(=O)c32)C=C(C)CO1. The Kier molecular flexibility index (Phi) is 3.32. The van der Waals surface area contributed by atoms with Crippen molar-refractivity contribution in [2.24, 2.45) is 0 Å². The van der Waals surface area contributed by atoms with Crippen LogP contribution in [0.2, 0.25) is 0 Å². The summed E-state index contributed by atoms with van der Waals surface area (Å²) < 4.78 is 31.1. The number of aryl methyl sites for hydroxylation is 2. The maximum Gasteiger partial charge on any atom is 0.372 e. The lowest BCUT2D eigenvalue weighted by Crippen LogP contribution is -2.14. The van der Waals surface area contributed by atoms with Gasteiger partial charge in [0.1, 0.15) is 23.5 Å². The van der Waals surface area contributed by atoms with Gasteiger partial charge in [0.05, 0.1) is 10.9 Å². The molecule has 128 valence electrons. The van der Waals surface area contributed by atoms with E-state index in [1.807, 2.05) is 13.0 Å². The molecule has 1 aliphatic rings. The number of hydrogen-bond donors (Lipinski definition) is 0. The van der Waals surface area contributed by atoms with Crippen LogP contribution < -0.4 is 15.8 Å². The van der Waals surface area contributed by atoms with Gasteiger partial charge in [0.25, 0.3) is 0 Å². The summed E-state index contributed by atoms with van der Waals surface area (Å²) in [5.41, 5.74) is 0.524. The molecule has 1 aliphatic heterocycles. The van der Waals surface area contributed by atoms with Crippen LogP contribution in [0.1, 0.15) is 30.7 Å². The number of benzene rings is 1. The van der Waals surface area contributed by atoms with Gasteiger partial charge in [0, 0.05) is 11.6 Å². The Morgan fingerprint density at radius 2 is 1.88 bits per heavy atom. The third-order valence-corrected chi connectivity index (χ3v) is 4.37. The highest BCUT2D eigenvalue weighted by molar-refractivity contribution is 6.10. The largest absolute Gasteiger partial charge is 0.488 e. The van der Waals surface area contributed by atoms with Gasteiger partial charge in [-0.25, -0.2) is 4.79 Å². The third kappa shape index (κ3) is 2.13. The van der Waals surface area contributed by atoms with Gasteiger partial charge in [0.15, 0.2) is 16.6 Å². The van der Waals surface area contributed by atoms with Gasteiger partial charge in [-0.2, -0.15) is 4.39 Å². The molecule has 6 heteroatoms. The molecule has 3 heterocycles. The second-order valence-electron chi connectivity index (χ2n) is 6.19. The molecule has 5 nitrogen and oxygen atoms in total. The Hall–Kier alpha value is -2.89. The third-order valence-electron chi connectivity index (χ3n) is 4.37. The van der Waals surface area contributed by atoms with Crippen molar-refractivity contribution in [2.75, 3.05) is 6.61 Å². The van der Waals surface area contributed by atoms with Crippen LogP contribution in [0.15, 0.2) is 30.1 Å². The van der Waals surface area contributed by atoms with E-state index in [1.54, 1.807) is 13.8 Å². The topological polar surface area (TPSA) is 69.7 Å². The van der Waals surface area contributed by atoms with Gasteiger partial charge in [-0.05, 0) is 31.9 Å². The molecule has 25 heavy (non-hydrogen) atoms. The standard InChI is InChI=1S/C19H15FO5/c1-4-10-13-16-11(5-8(2)7-23-16)17-14(12(21)6-9(3)24-17)18(13)25-19(22)15(10)20/h5-6H,4,7H2,1-3H3. The fraction of sp³-hybridized carbons (Fsp3) is 0.263. The van der Waals surface area contributed by atoms with Crippen LogP contribution in [0.25, 0.3) is 28.0 Å². The highest BCUT2D eigenvalue weighted by atomic mass is 19.1. The van der Waals surface area contributed by atoms with E-state index in [4.69, 9.17) is 13.6 Å². The van der Waals surface area contributed by atoms with Crippen LogP contribution in [-0.2, 0) is 6.42 Å². The van der Waals surface area contributed by atoms with Crippen LogP contribution in [0.5, 0.6) is 5.75 Å². The maximum atomic E-state index is 14.4. The molecule has 0 N–H and O–H groups in total. The summed E-state index contributed by atoms with van der Waals surface area (Å²) in [6.07, 6.45) is 2.11. The van der Waals surface area contributed by atoms with Crippen LogP contribution in [0, 0.1) is 12.7 Å². The molecular weight excluding hydrogens is 327 g/mol. The van der Waals surface area contributed by atoms with E-state index in [1.165, 1.54) is 6.07 Å². The van der Waals surface area contributed by atoms with Crippen LogP contribution in [0.3, 0.4) is 0 Å². The lowest BCUT2D eigenvalue weighted by atomic mass is 9.97. The molecule has 0 fully saturated rings. The van der Waals surface area contributed by atoms with Crippen LogP contribution in [-0.4, -0.2) is 6.61 Å². The Bertz CT molecular complexity index is 1200. The highest BCUT2D eigenvalue weighted by Gasteiger charge is 2.27. The normalized spacial score (nSPS) is 13.7. The van der Waals surface area contributed by atoms with Crippen molar-refractivity contribution in [3.8, 4) is 5.75 Å². The minimum Gasteiger partial charge on any atom is -0.488 e. The van der Waals surface area contributed by atoms with E-state index in [2.05, 4.69) is 0 Å². The maximum absolute atomic E-state index is 14.4. The lowest BCUT2D eigenvalue weighted by Gasteiger charge is -2.20. The van der Waals surface area contributed by atoms with Crippen molar-refractivity contribution >= 4 is 28.0 Å². The fourth-order valence-corrected chi connectivity index (χ4v) is 3.31. The quantitative estimate of drug-likeness (QED) is 0.498. The summed E-state index contributed by atoms with van der Waals surface area (Å²) in [7, 11) is 0. The Balaban J connectivity index is 2.41. The summed E-state index contributed by atoms with van der Waals surface area (Å²) in [4.78, 5) is 24.5. The zero-order valence-electron chi connectivity index (χ0n) is 14.0. The molecule has 0 amide bonds. The molecule has 0 atom stereocenters. The van der Waals surface area contributed by atoms with Crippen molar-refractivity contribution in [3.63, 3.8) is 0 Å². The number of rotatable bonds is 1. The minimum atomic E-state index is -1.10. The average molecular weight is 342 g/mol. The van der Waals surface area contributed by atoms with Crippen molar-refractivity contribution < 1.29 is 18.0 Å². The summed E-state index contributed by atoms with van der Waals surface area (Å²) >= 11 is 0. The first-order valence-corrected chi connectivity index (χ1v) is 7.98. The Morgan fingerprint density at radius 1 is 1.12 bits per heavy atom. The molecule has 0 radical (unpaired) electrons. The van der Waals surface area contributed by atoms with Crippen molar-refractivity contribution in [1.29, 1.82) is 0 Å². The number of hydrogen-bond acceptors (Lipinski definition) is 5. The Labute approximate surface area is 141 Å². The number of fused-ring (bicyclic) bond motifs is 6. The van der Waals surface area contributed by atoms with Gasteiger partial charge in [-0.3, -0.25) is 4.79 Å². The molecule has 0 bridgehead atoms. The predicted molar refractivity (Wildman–Crippen MR) is 91.7 cm³/mol. The van der Waals surface area contributed by atoms with E-state index in [0.29, 0.717) is 29.1 Å². The lowest BCUT2D eigenvalue weighted by molar-refractivity contribution is 0.350. The van der Waals surface area contributed by atoms with Crippen LogP contribution in [0.4, 0.5) is 4.39 Å². The van der Waals surface area contributed by atoms with E-state index < -0.39 is 11.4 Å².